The third-order valence-corrected chi connectivity index (χ3v) is 1.62. The van der Waals surface area contributed by atoms with Crippen molar-refractivity contribution in [3.8, 4) is 0 Å². The Morgan fingerprint density at radius 3 is 2.55 bits per heavy atom. The van der Waals surface area contributed by atoms with Crippen LogP contribution < -0.4 is 5.73 Å². The van der Waals surface area contributed by atoms with Gasteiger partial charge in [0.05, 0.1) is 6.10 Å². The van der Waals surface area contributed by atoms with Crippen molar-refractivity contribution in [2.24, 2.45) is 5.73 Å². The summed E-state index contributed by atoms with van der Waals surface area (Å²) >= 11 is 0. The first-order valence-electron chi connectivity index (χ1n) is 3.73. The molecule has 0 saturated heterocycles. The summed E-state index contributed by atoms with van der Waals surface area (Å²) < 4.78 is 0. The fraction of sp³-hybridized carbons (Fsp3) is 0.857. The molecule has 0 aliphatic heterocycles. The monoisotopic (exact) mass is 161 g/mol. The van der Waals surface area contributed by atoms with Gasteiger partial charge in [0.1, 0.15) is 0 Å². The van der Waals surface area contributed by atoms with Crippen LogP contribution in [0.2, 0.25) is 0 Å². The number of carboxylic acid groups (broad SMARTS) is 1. The molecule has 2 atom stereocenters. The van der Waals surface area contributed by atoms with Gasteiger partial charge in [0.2, 0.25) is 0 Å². The second-order valence-electron chi connectivity index (χ2n) is 2.57. The summed E-state index contributed by atoms with van der Waals surface area (Å²) in [6.45, 7) is 1.86. The molecule has 0 bridgehead atoms. The highest BCUT2D eigenvalue weighted by Crippen LogP contribution is 2.03. The fourth-order valence-corrected chi connectivity index (χ4v) is 0.758. The Kier molecular flexibility index (Phi) is 4.81. The predicted molar refractivity (Wildman–Crippen MR) is 41.1 cm³/mol. The van der Waals surface area contributed by atoms with Gasteiger partial charge in [-0.3, -0.25) is 4.79 Å². The Bertz CT molecular complexity index is 127. The van der Waals surface area contributed by atoms with Gasteiger partial charge in [-0.15, -0.1) is 0 Å². The van der Waals surface area contributed by atoms with Gasteiger partial charge >= 0.3 is 5.97 Å². The van der Waals surface area contributed by atoms with Crippen LogP contribution in [0.15, 0.2) is 0 Å². The van der Waals surface area contributed by atoms with Crippen LogP contribution in [-0.4, -0.2) is 28.3 Å². The van der Waals surface area contributed by atoms with Crippen LogP contribution in [-0.2, 0) is 4.79 Å². The zero-order valence-corrected chi connectivity index (χ0v) is 6.66. The molecular weight excluding hydrogens is 146 g/mol. The number of hydrogen-bond donors (Lipinski definition) is 3. The first kappa shape index (κ1) is 10.4. The number of carbonyl (C=O) groups is 1. The van der Waals surface area contributed by atoms with E-state index in [2.05, 4.69) is 0 Å². The third-order valence-electron chi connectivity index (χ3n) is 1.62. The standard InChI is InChI=1S/C7H15NO3/c1-2-5(8)6(9)3-4-7(10)11/h5-6,9H,2-4,8H2,1H3,(H,10,11). The molecule has 2 unspecified atom stereocenters. The lowest BCUT2D eigenvalue weighted by molar-refractivity contribution is -0.137. The van der Waals surface area contributed by atoms with Crippen LogP contribution in [0.25, 0.3) is 0 Å². The molecule has 0 spiro atoms. The lowest BCUT2D eigenvalue weighted by Crippen LogP contribution is -2.34. The van der Waals surface area contributed by atoms with Crippen LogP contribution in [0.5, 0.6) is 0 Å². The highest BCUT2D eigenvalue weighted by molar-refractivity contribution is 5.66. The minimum atomic E-state index is -0.896. The lowest BCUT2D eigenvalue weighted by Gasteiger charge is -2.15. The normalized spacial score (nSPS) is 15.9. The molecule has 4 N–H and O–H groups in total. The number of rotatable bonds is 5. The van der Waals surface area contributed by atoms with E-state index in [-0.39, 0.29) is 18.9 Å². The topological polar surface area (TPSA) is 83.5 Å². The Labute approximate surface area is 66.0 Å². The smallest absolute Gasteiger partial charge is 0.303 e. The van der Waals surface area contributed by atoms with Crippen LogP contribution >= 0.6 is 0 Å². The van der Waals surface area contributed by atoms with Gasteiger partial charge in [-0.1, -0.05) is 6.92 Å². The number of aliphatic carboxylic acids is 1. The molecule has 0 aliphatic rings. The first-order chi connectivity index (χ1) is 5.07. The van der Waals surface area contributed by atoms with Gasteiger partial charge in [-0.05, 0) is 12.8 Å². The van der Waals surface area contributed by atoms with E-state index in [1.54, 1.807) is 0 Å². The number of aliphatic hydroxyl groups excluding tert-OH is 1. The summed E-state index contributed by atoms with van der Waals surface area (Å²) in [5.74, 6) is -0.896. The Morgan fingerprint density at radius 2 is 2.18 bits per heavy atom. The number of carboxylic acids is 1. The zero-order valence-electron chi connectivity index (χ0n) is 6.66. The largest absolute Gasteiger partial charge is 0.481 e. The average molecular weight is 161 g/mol. The molecule has 0 aromatic carbocycles. The Balaban J connectivity index is 3.51. The zero-order chi connectivity index (χ0) is 8.85. The van der Waals surface area contributed by atoms with E-state index in [1.807, 2.05) is 6.92 Å². The molecule has 0 rings (SSSR count). The van der Waals surface area contributed by atoms with Crippen molar-refractivity contribution < 1.29 is 15.0 Å². The van der Waals surface area contributed by atoms with Crippen molar-refractivity contribution in [1.82, 2.24) is 0 Å². The molecule has 0 aliphatic carbocycles. The SMILES string of the molecule is CCC(N)C(O)CCC(=O)O. The van der Waals surface area contributed by atoms with E-state index in [1.165, 1.54) is 0 Å². The van der Waals surface area contributed by atoms with Gasteiger partial charge in [0.15, 0.2) is 0 Å². The summed E-state index contributed by atoms with van der Waals surface area (Å²) in [5, 5.41) is 17.4. The van der Waals surface area contributed by atoms with Crippen LogP contribution in [0.3, 0.4) is 0 Å². The number of nitrogens with two attached hydrogens (primary N) is 1. The molecule has 11 heavy (non-hydrogen) atoms. The van der Waals surface area contributed by atoms with Crippen LogP contribution in [0, 0.1) is 0 Å². The van der Waals surface area contributed by atoms with E-state index in [9.17, 15) is 9.90 Å². The second-order valence-corrected chi connectivity index (χ2v) is 2.57. The van der Waals surface area contributed by atoms with Crippen molar-refractivity contribution >= 4 is 5.97 Å². The molecule has 0 fully saturated rings. The first-order valence-corrected chi connectivity index (χ1v) is 3.73. The maximum absolute atomic E-state index is 10.1. The Morgan fingerprint density at radius 1 is 1.64 bits per heavy atom. The van der Waals surface area contributed by atoms with Crippen LogP contribution in [0.4, 0.5) is 0 Å². The highest BCUT2D eigenvalue weighted by atomic mass is 16.4. The summed E-state index contributed by atoms with van der Waals surface area (Å²) in [6, 6.07) is -0.297. The molecular formula is C7H15NO3. The minimum Gasteiger partial charge on any atom is -0.481 e. The van der Waals surface area contributed by atoms with E-state index < -0.39 is 12.1 Å². The third kappa shape index (κ3) is 4.75. The van der Waals surface area contributed by atoms with Gasteiger partial charge in [-0.25, -0.2) is 0 Å². The quantitative estimate of drug-likeness (QED) is 0.528. The summed E-state index contributed by atoms with van der Waals surface area (Å²) in [5.41, 5.74) is 5.46. The predicted octanol–water partition coefficient (Wildman–Crippen LogP) is -0.0506. The molecule has 0 aromatic heterocycles. The Hall–Kier alpha value is -0.610. The summed E-state index contributed by atoms with van der Waals surface area (Å²) in [4.78, 5) is 10.1. The number of aliphatic hydroxyl groups is 1. The molecule has 66 valence electrons. The molecule has 0 amide bonds. The van der Waals surface area contributed by atoms with Gasteiger partial charge < -0.3 is 15.9 Å². The summed E-state index contributed by atoms with van der Waals surface area (Å²) in [6.07, 6.45) is 0.205. The van der Waals surface area contributed by atoms with Gasteiger partial charge in [0.25, 0.3) is 0 Å². The van der Waals surface area contributed by atoms with Gasteiger partial charge in [0, 0.05) is 12.5 Å². The molecule has 4 heteroatoms. The van der Waals surface area contributed by atoms with E-state index in [4.69, 9.17) is 10.8 Å². The second kappa shape index (κ2) is 5.09. The lowest BCUT2D eigenvalue weighted by atomic mass is 10.1. The van der Waals surface area contributed by atoms with E-state index in [0.29, 0.717) is 6.42 Å². The van der Waals surface area contributed by atoms with E-state index in [0.717, 1.165) is 0 Å². The molecule has 4 nitrogen and oxygen atoms in total. The molecule has 0 saturated carbocycles. The van der Waals surface area contributed by atoms with Crippen molar-refractivity contribution in [3.05, 3.63) is 0 Å². The van der Waals surface area contributed by atoms with Crippen molar-refractivity contribution in [1.29, 1.82) is 0 Å². The van der Waals surface area contributed by atoms with Crippen molar-refractivity contribution in [3.63, 3.8) is 0 Å². The number of hydrogen-bond acceptors (Lipinski definition) is 3. The van der Waals surface area contributed by atoms with Crippen LogP contribution in [0.1, 0.15) is 26.2 Å². The van der Waals surface area contributed by atoms with E-state index >= 15 is 0 Å². The highest BCUT2D eigenvalue weighted by Gasteiger charge is 2.13. The minimum absolute atomic E-state index is 0.0190. The van der Waals surface area contributed by atoms with Crippen molar-refractivity contribution in [2.75, 3.05) is 0 Å². The fourth-order valence-electron chi connectivity index (χ4n) is 0.758. The van der Waals surface area contributed by atoms with Gasteiger partial charge in [-0.2, -0.15) is 0 Å². The van der Waals surface area contributed by atoms with Crippen molar-refractivity contribution in [2.45, 2.75) is 38.3 Å². The maximum atomic E-state index is 10.1. The average Bonchev–Trinajstić information content (AvgIpc) is 1.98. The summed E-state index contributed by atoms with van der Waals surface area (Å²) in [7, 11) is 0. The maximum Gasteiger partial charge on any atom is 0.303 e. The molecule has 0 radical (unpaired) electrons. The molecule has 0 heterocycles. The molecule has 0 aromatic rings.